The highest BCUT2D eigenvalue weighted by Gasteiger charge is 2.14. The zero-order valence-electron chi connectivity index (χ0n) is 10.5. The van der Waals surface area contributed by atoms with Gasteiger partial charge < -0.3 is 10.4 Å². The minimum absolute atomic E-state index is 0.165. The SMILES string of the molecule is CCC(CNC(=O)C=Cc1ccc(C)s1)C(=O)O. The van der Waals surface area contributed by atoms with Gasteiger partial charge in [-0.3, -0.25) is 9.59 Å². The molecule has 0 spiro atoms. The van der Waals surface area contributed by atoms with Crippen LogP contribution in [0.2, 0.25) is 0 Å². The minimum atomic E-state index is -0.879. The lowest BCUT2D eigenvalue weighted by Gasteiger charge is -2.09. The molecule has 0 fully saturated rings. The number of carbonyl (C=O) groups is 2. The van der Waals surface area contributed by atoms with E-state index in [1.807, 2.05) is 19.1 Å². The largest absolute Gasteiger partial charge is 0.481 e. The monoisotopic (exact) mass is 267 g/mol. The van der Waals surface area contributed by atoms with Crippen molar-refractivity contribution in [3.05, 3.63) is 28.0 Å². The van der Waals surface area contributed by atoms with Crippen molar-refractivity contribution in [2.75, 3.05) is 6.54 Å². The first kappa shape index (κ1) is 14.4. The van der Waals surface area contributed by atoms with Crippen LogP contribution in [0.1, 0.15) is 23.1 Å². The molecule has 1 aromatic heterocycles. The van der Waals surface area contributed by atoms with Crippen LogP contribution in [-0.4, -0.2) is 23.5 Å². The van der Waals surface area contributed by atoms with Crippen molar-refractivity contribution in [2.45, 2.75) is 20.3 Å². The summed E-state index contributed by atoms with van der Waals surface area (Å²) in [7, 11) is 0. The Morgan fingerprint density at radius 3 is 2.72 bits per heavy atom. The van der Waals surface area contributed by atoms with E-state index in [1.54, 1.807) is 24.3 Å². The summed E-state index contributed by atoms with van der Waals surface area (Å²) in [5, 5.41) is 11.4. The zero-order valence-corrected chi connectivity index (χ0v) is 11.3. The fourth-order valence-electron chi connectivity index (χ4n) is 1.39. The number of rotatable bonds is 6. The van der Waals surface area contributed by atoms with Crippen molar-refractivity contribution < 1.29 is 14.7 Å². The molecular formula is C13H17NO3S. The Hall–Kier alpha value is -1.62. The van der Waals surface area contributed by atoms with Crippen LogP contribution in [0.5, 0.6) is 0 Å². The predicted octanol–water partition coefficient (Wildman–Crippen LogP) is 2.30. The van der Waals surface area contributed by atoms with E-state index >= 15 is 0 Å². The molecule has 1 unspecified atom stereocenters. The number of carboxylic acid groups (broad SMARTS) is 1. The van der Waals surface area contributed by atoms with E-state index in [0.29, 0.717) is 6.42 Å². The summed E-state index contributed by atoms with van der Waals surface area (Å²) in [5.41, 5.74) is 0. The number of amides is 1. The molecule has 2 N–H and O–H groups in total. The van der Waals surface area contributed by atoms with E-state index in [-0.39, 0.29) is 12.5 Å². The summed E-state index contributed by atoms with van der Waals surface area (Å²) in [6.45, 7) is 3.95. The normalized spacial score (nSPS) is 12.6. The third kappa shape index (κ3) is 4.71. The van der Waals surface area contributed by atoms with Gasteiger partial charge in [0.05, 0.1) is 5.92 Å². The number of carbonyl (C=O) groups excluding carboxylic acids is 1. The molecule has 0 bridgehead atoms. The molecule has 0 saturated carbocycles. The van der Waals surface area contributed by atoms with Crippen LogP contribution in [0.25, 0.3) is 6.08 Å². The van der Waals surface area contributed by atoms with Crippen LogP contribution >= 0.6 is 11.3 Å². The fourth-order valence-corrected chi connectivity index (χ4v) is 2.17. The van der Waals surface area contributed by atoms with E-state index in [9.17, 15) is 9.59 Å². The van der Waals surface area contributed by atoms with E-state index in [0.717, 1.165) is 4.88 Å². The Morgan fingerprint density at radius 2 is 2.22 bits per heavy atom. The molecule has 1 aromatic rings. The lowest BCUT2D eigenvalue weighted by Crippen LogP contribution is -2.31. The van der Waals surface area contributed by atoms with Gasteiger partial charge in [-0.25, -0.2) is 0 Å². The molecule has 4 nitrogen and oxygen atoms in total. The molecular weight excluding hydrogens is 250 g/mol. The molecule has 1 amide bonds. The Morgan fingerprint density at radius 1 is 1.50 bits per heavy atom. The molecule has 98 valence electrons. The molecule has 0 radical (unpaired) electrons. The van der Waals surface area contributed by atoms with Crippen molar-refractivity contribution in [1.82, 2.24) is 5.32 Å². The lowest BCUT2D eigenvalue weighted by molar-refractivity contribution is -0.141. The molecule has 0 aliphatic heterocycles. The van der Waals surface area contributed by atoms with Crippen LogP contribution in [0.15, 0.2) is 18.2 Å². The lowest BCUT2D eigenvalue weighted by atomic mass is 10.1. The van der Waals surface area contributed by atoms with Gasteiger partial charge >= 0.3 is 5.97 Å². The first-order valence-electron chi connectivity index (χ1n) is 5.78. The summed E-state index contributed by atoms with van der Waals surface area (Å²) in [6, 6.07) is 3.93. The maximum absolute atomic E-state index is 11.5. The first-order chi connectivity index (χ1) is 8.52. The second kappa shape index (κ2) is 6.96. The molecule has 1 rings (SSSR count). The summed E-state index contributed by atoms with van der Waals surface area (Å²) < 4.78 is 0. The number of thiophene rings is 1. The number of hydrogen-bond acceptors (Lipinski definition) is 3. The number of aliphatic carboxylic acids is 1. The Balaban J connectivity index is 2.42. The number of hydrogen-bond donors (Lipinski definition) is 2. The molecule has 1 heterocycles. The third-order valence-electron chi connectivity index (χ3n) is 2.52. The highest BCUT2D eigenvalue weighted by molar-refractivity contribution is 7.12. The Labute approximate surface area is 110 Å². The zero-order chi connectivity index (χ0) is 13.5. The van der Waals surface area contributed by atoms with Gasteiger partial charge in [-0.1, -0.05) is 6.92 Å². The van der Waals surface area contributed by atoms with E-state index in [2.05, 4.69) is 5.32 Å². The molecule has 0 aliphatic carbocycles. The Kier molecular flexibility index (Phi) is 5.58. The molecule has 1 atom stereocenters. The van der Waals surface area contributed by atoms with Gasteiger partial charge in [0, 0.05) is 22.4 Å². The average molecular weight is 267 g/mol. The summed E-state index contributed by atoms with van der Waals surface area (Å²) >= 11 is 1.60. The van der Waals surface area contributed by atoms with Gasteiger partial charge in [0.25, 0.3) is 0 Å². The number of aryl methyl sites for hydroxylation is 1. The topological polar surface area (TPSA) is 66.4 Å². The van der Waals surface area contributed by atoms with E-state index < -0.39 is 11.9 Å². The standard InChI is InChI=1S/C13H17NO3S/c1-3-10(13(16)17)8-14-12(15)7-6-11-5-4-9(2)18-11/h4-7,10H,3,8H2,1-2H3,(H,14,15)(H,16,17). The first-order valence-corrected chi connectivity index (χ1v) is 6.59. The second-order valence-corrected chi connectivity index (χ2v) is 5.29. The van der Waals surface area contributed by atoms with Gasteiger partial charge in [0.2, 0.25) is 5.91 Å². The summed E-state index contributed by atoms with van der Waals surface area (Å²) in [5.74, 6) is -1.66. The highest BCUT2D eigenvalue weighted by Crippen LogP contribution is 2.16. The van der Waals surface area contributed by atoms with Crippen LogP contribution in [0.4, 0.5) is 0 Å². The molecule has 0 saturated heterocycles. The molecule has 18 heavy (non-hydrogen) atoms. The van der Waals surface area contributed by atoms with Crippen molar-refractivity contribution in [2.24, 2.45) is 5.92 Å². The van der Waals surface area contributed by atoms with Crippen LogP contribution in [0, 0.1) is 12.8 Å². The molecule has 5 heteroatoms. The maximum atomic E-state index is 11.5. The summed E-state index contributed by atoms with van der Waals surface area (Å²) in [4.78, 5) is 24.4. The smallest absolute Gasteiger partial charge is 0.308 e. The van der Waals surface area contributed by atoms with Crippen LogP contribution in [0.3, 0.4) is 0 Å². The van der Waals surface area contributed by atoms with Gasteiger partial charge in [-0.2, -0.15) is 0 Å². The predicted molar refractivity (Wildman–Crippen MR) is 72.5 cm³/mol. The van der Waals surface area contributed by atoms with Crippen molar-refractivity contribution in [3.63, 3.8) is 0 Å². The third-order valence-corrected chi connectivity index (χ3v) is 3.49. The Bertz CT molecular complexity index is 451. The minimum Gasteiger partial charge on any atom is -0.481 e. The number of nitrogens with one attached hydrogen (secondary N) is 1. The fraction of sp³-hybridized carbons (Fsp3) is 0.385. The van der Waals surface area contributed by atoms with Crippen molar-refractivity contribution in [1.29, 1.82) is 0 Å². The van der Waals surface area contributed by atoms with Crippen LogP contribution < -0.4 is 5.32 Å². The highest BCUT2D eigenvalue weighted by atomic mass is 32.1. The quantitative estimate of drug-likeness (QED) is 0.777. The van der Waals surface area contributed by atoms with Crippen molar-refractivity contribution in [3.8, 4) is 0 Å². The summed E-state index contributed by atoms with van der Waals surface area (Å²) in [6.07, 6.45) is 3.66. The van der Waals surface area contributed by atoms with Crippen LogP contribution in [-0.2, 0) is 9.59 Å². The van der Waals surface area contributed by atoms with Gasteiger partial charge in [0.15, 0.2) is 0 Å². The van der Waals surface area contributed by atoms with E-state index in [1.165, 1.54) is 11.0 Å². The van der Waals surface area contributed by atoms with Gasteiger partial charge in [-0.15, -0.1) is 11.3 Å². The molecule has 0 aromatic carbocycles. The van der Waals surface area contributed by atoms with Gasteiger partial charge in [0.1, 0.15) is 0 Å². The van der Waals surface area contributed by atoms with Crippen molar-refractivity contribution >= 4 is 29.3 Å². The molecule has 0 aliphatic rings. The maximum Gasteiger partial charge on any atom is 0.308 e. The average Bonchev–Trinajstić information content (AvgIpc) is 2.73. The second-order valence-electron chi connectivity index (χ2n) is 3.97. The van der Waals surface area contributed by atoms with Gasteiger partial charge in [-0.05, 0) is 31.6 Å². The van der Waals surface area contributed by atoms with E-state index in [4.69, 9.17) is 5.11 Å². The number of carboxylic acids is 1.